The lowest BCUT2D eigenvalue weighted by Crippen LogP contribution is -2.56. The minimum absolute atomic E-state index is 0. The Morgan fingerprint density at radius 2 is 1.80 bits per heavy atom. The van der Waals surface area contributed by atoms with Gasteiger partial charge >= 0.3 is 0 Å². The van der Waals surface area contributed by atoms with Crippen LogP contribution in [0.15, 0.2) is 0 Å². The van der Waals surface area contributed by atoms with Crippen molar-refractivity contribution in [3.8, 4) is 0 Å². The number of likely N-dealkylation sites (N-methyl/N-ethyl adjacent to an activating group) is 1. The molecule has 0 aromatic heterocycles. The molecule has 0 aromatic carbocycles. The minimum Gasteiger partial charge on any atom is -0.368 e. The second-order valence-corrected chi connectivity index (χ2v) is 5.47. The van der Waals surface area contributed by atoms with E-state index < -0.39 is 5.60 Å². The summed E-state index contributed by atoms with van der Waals surface area (Å²) in [5, 5.41) is 3.30. The molecule has 0 spiro atoms. The maximum absolute atomic E-state index is 12.8. The Kier molecular flexibility index (Phi) is 9.43. The molecule has 1 N–H and O–H groups in total. The molecule has 1 fully saturated rings. The van der Waals surface area contributed by atoms with E-state index in [2.05, 4.69) is 26.1 Å². The number of carbonyl (C=O) groups is 1. The van der Waals surface area contributed by atoms with Crippen molar-refractivity contribution in [2.45, 2.75) is 52.1 Å². The number of hydrogen-bond acceptors (Lipinski definition) is 3. The summed E-state index contributed by atoms with van der Waals surface area (Å²) >= 11 is 0. The summed E-state index contributed by atoms with van der Waals surface area (Å²) in [6.07, 6.45) is 3.81. The monoisotopic (exact) mass is 306 g/mol. The van der Waals surface area contributed by atoms with Crippen LogP contribution < -0.4 is 5.32 Å². The van der Waals surface area contributed by atoms with Gasteiger partial charge in [0, 0.05) is 20.2 Å². The second kappa shape index (κ2) is 9.59. The number of rotatable bonds is 7. The third-order valence-corrected chi connectivity index (χ3v) is 4.49. The molecular formula is C15H31ClN2O2. The second-order valence-electron chi connectivity index (χ2n) is 5.47. The summed E-state index contributed by atoms with van der Waals surface area (Å²) in [6.45, 7) is 9.82. The van der Waals surface area contributed by atoms with Crippen molar-refractivity contribution in [2.75, 3.05) is 33.3 Å². The first-order chi connectivity index (χ1) is 9.13. The van der Waals surface area contributed by atoms with E-state index in [1.165, 1.54) is 0 Å². The number of amides is 1. The van der Waals surface area contributed by atoms with Gasteiger partial charge in [0.25, 0.3) is 5.91 Å². The molecule has 1 amide bonds. The van der Waals surface area contributed by atoms with Crippen LogP contribution in [0.4, 0.5) is 0 Å². The molecule has 0 aromatic rings. The predicted octanol–water partition coefficient (Wildman–Crippen LogP) is 2.46. The van der Waals surface area contributed by atoms with Crippen LogP contribution in [0.3, 0.4) is 0 Å². The van der Waals surface area contributed by atoms with Crippen LogP contribution in [0.25, 0.3) is 0 Å². The fraction of sp³-hybridized carbons (Fsp3) is 0.933. The lowest BCUT2D eigenvalue weighted by molar-refractivity contribution is -0.158. The largest absolute Gasteiger partial charge is 0.368 e. The maximum Gasteiger partial charge on any atom is 0.254 e. The summed E-state index contributed by atoms with van der Waals surface area (Å²) in [5.74, 6) is 0.783. The van der Waals surface area contributed by atoms with Crippen LogP contribution in [0, 0.1) is 5.92 Å². The van der Waals surface area contributed by atoms with Crippen molar-refractivity contribution in [2.24, 2.45) is 5.92 Å². The van der Waals surface area contributed by atoms with E-state index in [4.69, 9.17) is 4.74 Å². The summed E-state index contributed by atoms with van der Waals surface area (Å²) in [6, 6.07) is 0. The highest BCUT2D eigenvalue weighted by atomic mass is 35.5. The normalized spacial score (nSPS) is 17.6. The highest BCUT2D eigenvalue weighted by Crippen LogP contribution is 2.26. The van der Waals surface area contributed by atoms with Gasteiger partial charge in [-0.1, -0.05) is 26.7 Å². The van der Waals surface area contributed by atoms with E-state index in [1.807, 2.05) is 4.90 Å². The average molecular weight is 307 g/mol. The van der Waals surface area contributed by atoms with Crippen LogP contribution in [0.1, 0.15) is 46.5 Å². The van der Waals surface area contributed by atoms with Gasteiger partial charge in [-0.25, -0.2) is 0 Å². The van der Waals surface area contributed by atoms with E-state index in [9.17, 15) is 4.79 Å². The summed E-state index contributed by atoms with van der Waals surface area (Å²) < 4.78 is 5.64. The molecule has 1 aliphatic heterocycles. The van der Waals surface area contributed by atoms with Gasteiger partial charge in [0.2, 0.25) is 0 Å². The van der Waals surface area contributed by atoms with Gasteiger partial charge in [-0.05, 0) is 38.8 Å². The van der Waals surface area contributed by atoms with Crippen LogP contribution in [-0.4, -0.2) is 49.7 Å². The van der Waals surface area contributed by atoms with E-state index in [1.54, 1.807) is 7.11 Å². The van der Waals surface area contributed by atoms with Gasteiger partial charge in [0.05, 0.1) is 0 Å². The average Bonchev–Trinajstić information content (AvgIpc) is 2.48. The zero-order valence-electron chi connectivity index (χ0n) is 13.4. The molecule has 1 rings (SSSR count). The lowest BCUT2D eigenvalue weighted by Gasteiger charge is -2.39. The minimum atomic E-state index is -0.590. The molecular weight excluding hydrogens is 276 g/mol. The topological polar surface area (TPSA) is 41.6 Å². The molecule has 0 atom stereocenters. The van der Waals surface area contributed by atoms with Gasteiger partial charge in [-0.2, -0.15) is 0 Å². The smallest absolute Gasteiger partial charge is 0.254 e. The summed E-state index contributed by atoms with van der Waals surface area (Å²) in [4.78, 5) is 14.8. The first-order valence-electron chi connectivity index (χ1n) is 7.68. The van der Waals surface area contributed by atoms with Gasteiger partial charge in [0.15, 0.2) is 0 Å². The standard InChI is InChI=1S/C15H30N2O2.ClH/c1-5-13(6-2)12-17(7-3)14(18)15(19-4)8-10-16-11-9-15;/h13,16H,5-12H2,1-4H3;1H. The molecule has 0 aliphatic carbocycles. The van der Waals surface area contributed by atoms with Gasteiger partial charge in [-0.3, -0.25) is 4.79 Å². The molecule has 4 nitrogen and oxygen atoms in total. The van der Waals surface area contributed by atoms with Crippen molar-refractivity contribution < 1.29 is 9.53 Å². The Morgan fingerprint density at radius 1 is 1.25 bits per heavy atom. The van der Waals surface area contributed by atoms with Crippen molar-refractivity contribution in [3.63, 3.8) is 0 Å². The third kappa shape index (κ3) is 4.61. The maximum atomic E-state index is 12.8. The van der Waals surface area contributed by atoms with Gasteiger partial charge < -0.3 is 15.0 Å². The Labute approximate surface area is 130 Å². The SMILES string of the molecule is CCC(CC)CN(CC)C(=O)C1(OC)CCNCC1.Cl. The zero-order chi connectivity index (χ0) is 14.3. The molecule has 120 valence electrons. The van der Waals surface area contributed by atoms with Gasteiger partial charge in [-0.15, -0.1) is 12.4 Å². The van der Waals surface area contributed by atoms with Crippen LogP contribution in [-0.2, 0) is 9.53 Å². The molecule has 0 saturated carbocycles. The summed E-state index contributed by atoms with van der Waals surface area (Å²) in [5.41, 5.74) is -0.590. The number of hydrogen-bond donors (Lipinski definition) is 1. The fourth-order valence-corrected chi connectivity index (χ4v) is 2.84. The van der Waals surface area contributed by atoms with Crippen molar-refractivity contribution in [1.29, 1.82) is 0 Å². The van der Waals surface area contributed by atoms with Crippen molar-refractivity contribution in [3.05, 3.63) is 0 Å². The number of nitrogens with zero attached hydrogens (tertiary/aromatic N) is 1. The third-order valence-electron chi connectivity index (χ3n) is 4.49. The zero-order valence-corrected chi connectivity index (χ0v) is 14.2. The molecule has 1 aliphatic rings. The highest BCUT2D eigenvalue weighted by Gasteiger charge is 2.42. The van der Waals surface area contributed by atoms with E-state index >= 15 is 0 Å². The highest BCUT2D eigenvalue weighted by molar-refractivity contribution is 5.85. The van der Waals surface area contributed by atoms with E-state index in [0.717, 1.165) is 51.9 Å². The molecule has 0 bridgehead atoms. The Balaban J connectivity index is 0.00000361. The molecule has 5 heteroatoms. The number of halogens is 1. The number of ether oxygens (including phenoxy) is 1. The quantitative estimate of drug-likeness (QED) is 0.785. The van der Waals surface area contributed by atoms with Crippen LogP contribution >= 0.6 is 12.4 Å². The lowest BCUT2D eigenvalue weighted by atomic mass is 9.89. The van der Waals surface area contributed by atoms with Gasteiger partial charge in [0.1, 0.15) is 5.60 Å². The first kappa shape index (κ1) is 19.7. The number of piperidine rings is 1. The van der Waals surface area contributed by atoms with Crippen LogP contribution in [0.2, 0.25) is 0 Å². The number of methoxy groups -OCH3 is 1. The Bertz CT molecular complexity index is 277. The van der Waals surface area contributed by atoms with Crippen molar-refractivity contribution in [1.82, 2.24) is 10.2 Å². The fourth-order valence-electron chi connectivity index (χ4n) is 2.84. The Hall–Kier alpha value is -0.320. The van der Waals surface area contributed by atoms with Crippen LogP contribution in [0.5, 0.6) is 0 Å². The molecule has 0 unspecified atom stereocenters. The van der Waals surface area contributed by atoms with Crippen molar-refractivity contribution >= 4 is 18.3 Å². The number of nitrogens with one attached hydrogen (secondary N) is 1. The molecule has 20 heavy (non-hydrogen) atoms. The Morgan fingerprint density at radius 3 is 2.20 bits per heavy atom. The van der Waals surface area contributed by atoms with E-state index in [-0.39, 0.29) is 18.3 Å². The number of carbonyl (C=O) groups excluding carboxylic acids is 1. The molecule has 1 heterocycles. The molecule has 1 saturated heterocycles. The molecule has 0 radical (unpaired) electrons. The van der Waals surface area contributed by atoms with E-state index in [0.29, 0.717) is 5.92 Å². The predicted molar refractivity (Wildman–Crippen MR) is 85.4 cm³/mol. The first-order valence-corrected chi connectivity index (χ1v) is 7.68. The summed E-state index contributed by atoms with van der Waals surface area (Å²) in [7, 11) is 1.67.